The molecule has 0 N–H and O–H groups in total. The number of benzene rings is 2. The van der Waals surface area contributed by atoms with E-state index in [1.54, 1.807) is 13.2 Å². The number of amides is 2. The topological polar surface area (TPSA) is 55.8 Å². The van der Waals surface area contributed by atoms with Crippen LogP contribution in [0.25, 0.3) is 6.08 Å². The molecule has 1 aliphatic rings. The van der Waals surface area contributed by atoms with E-state index in [2.05, 4.69) is 45.2 Å². The SMILES string of the molecule is COc1c(I)cc(I)cc1/C=C1\SC(=O)N(CCOc2ccccc2)C1=O. The summed E-state index contributed by atoms with van der Waals surface area (Å²) in [6, 6.07) is 13.2. The number of hydrogen-bond donors (Lipinski definition) is 0. The standard InChI is InChI=1S/C19H15I2NO4S/c1-25-17-12(9-13(20)11-15(17)21)10-16-18(23)22(19(24)27-16)7-8-26-14-5-3-2-4-6-14/h2-6,9-11H,7-8H2,1H3/b16-10-. The molecule has 1 aliphatic heterocycles. The smallest absolute Gasteiger partial charge is 0.293 e. The summed E-state index contributed by atoms with van der Waals surface area (Å²) in [5.41, 5.74) is 0.778. The molecule has 0 atom stereocenters. The average molecular weight is 607 g/mol. The third kappa shape index (κ3) is 4.96. The first-order valence-electron chi connectivity index (χ1n) is 7.96. The van der Waals surface area contributed by atoms with Crippen molar-refractivity contribution in [3.63, 3.8) is 0 Å². The van der Waals surface area contributed by atoms with Gasteiger partial charge in [0.2, 0.25) is 0 Å². The number of hydrogen-bond acceptors (Lipinski definition) is 5. The van der Waals surface area contributed by atoms with E-state index in [0.717, 1.165) is 24.5 Å². The van der Waals surface area contributed by atoms with Gasteiger partial charge in [0, 0.05) is 9.13 Å². The Bertz CT molecular complexity index is 902. The molecule has 0 aliphatic carbocycles. The van der Waals surface area contributed by atoms with E-state index in [1.165, 1.54) is 4.90 Å². The quantitative estimate of drug-likeness (QED) is 0.341. The molecule has 1 heterocycles. The molecule has 0 aromatic heterocycles. The second-order valence-electron chi connectivity index (χ2n) is 5.50. The minimum Gasteiger partial charge on any atom is -0.495 e. The number of halogens is 2. The highest BCUT2D eigenvalue weighted by atomic mass is 127. The number of imide groups is 1. The van der Waals surface area contributed by atoms with E-state index < -0.39 is 0 Å². The van der Waals surface area contributed by atoms with Crippen molar-refractivity contribution in [1.82, 2.24) is 4.90 Å². The molecule has 8 heteroatoms. The summed E-state index contributed by atoms with van der Waals surface area (Å²) < 4.78 is 13.0. The van der Waals surface area contributed by atoms with E-state index in [0.29, 0.717) is 16.4 Å². The van der Waals surface area contributed by atoms with Crippen LogP contribution in [0.5, 0.6) is 11.5 Å². The maximum Gasteiger partial charge on any atom is 0.293 e. The monoisotopic (exact) mass is 607 g/mol. The molecular weight excluding hydrogens is 592 g/mol. The number of rotatable bonds is 6. The van der Waals surface area contributed by atoms with E-state index in [1.807, 2.05) is 42.5 Å². The predicted molar refractivity (Wildman–Crippen MR) is 123 cm³/mol. The maximum atomic E-state index is 12.6. The molecule has 1 saturated heterocycles. The van der Waals surface area contributed by atoms with Gasteiger partial charge in [-0.25, -0.2) is 0 Å². The Kier molecular flexibility index (Phi) is 7.04. The number of para-hydroxylation sites is 1. The van der Waals surface area contributed by atoms with Gasteiger partial charge in [0.25, 0.3) is 11.1 Å². The van der Waals surface area contributed by atoms with Crippen molar-refractivity contribution in [2.24, 2.45) is 0 Å². The highest BCUT2D eigenvalue weighted by Crippen LogP contribution is 2.36. The second-order valence-corrected chi connectivity index (χ2v) is 8.91. The molecule has 2 aromatic rings. The minimum atomic E-state index is -0.308. The Hall–Kier alpha value is -1.27. The van der Waals surface area contributed by atoms with Crippen LogP contribution < -0.4 is 9.47 Å². The number of ether oxygens (including phenoxy) is 2. The Morgan fingerprint density at radius 1 is 1.15 bits per heavy atom. The molecule has 140 valence electrons. The predicted octanol–water partition coefficient (Wildman–Crippen LogP) is 5.02. The fraction of sp³-hybridized carbons (Fsp3) is 0.158. The molecule has 2 amide bonds. The first kappa shape index (κ1) is 20.5. The number of carbonyl (C=O) groups is 2. The lowest BCUT2D eigenvalue weighted by Gasteiger charge is -2.13. The van der Waals surface area contributed by atoms with E-state index >= 15 is 0 Å². The summed E-state index contributed by atoms with van der Waals surface area (Å²) in [7, 11) is 1.59. The molecule has 0 radical (unpaired) electrons. The fourth-order valence-electron chi connectivity index (χ4n) is 2.51. The molecule has 3 rings (SSSR count). The van der Waals surface area contributed by atoms with Crippen LogP contribution in [0.1, 0.15) is 5.56 Å². The normalized spacial score (nSPS) is 15.5. The molecule has 1 fully saturated rings. The third-order valence-corrected chi connectivity index (χ3v) is 6.06. The molecule has 2 aromatic carbocycles. The summed E-state index contributed by atoms with van der Waals surface area (Å²) >= 11 is 5.34. The van der Waals surface area contributed by atoms with Gasteiger partial charge in [-0.15, -0.1) is 0 Å². The van der Waals surface area contributed by atoms with Gasteiger partial charge in [-0.05, 0) is 87.3 Å². The summed E-state index contributed by atoms with van der Waals surface area (Å²) in [6.07, 6.45) is 1.71. The van der Waals surface area contributed by atoms with Gasteiger partial charge >= 0.3 is 0 Å². The number of nitrogens with zero attached hydrogens (tertiary/aromatic N) is 1. The lowest BCUT2D eigenvalue weighted by Crippen LogP contribution is -2.32. The Labute approximate surface area is 188 Å². The number of thioether (sulfide) groups is 1. The Morgan fingerprint density at radius 3 is 2.59 bits per heavy atom. The van der Waals surface area contributed by atoms with Crippen LogP contribution in [0, 0.1) is 7.14 Å². The van der Waals surface area contributed by atoms with Crippen LogP contribution in [0.4, 0.5) is 4.79 Å². The second kappa shape index (κ2) is 9.28. The van der Waals surface area contributed by atoms with Gasteiger partial charge in [0.05, 0.1) is 22.1 Å². The van der Waals surface area contributed by atoms with Crippen LogP contribution in [-0.4, -0.2) is 36.3 Å². The summed E-state index contributed by atoms with van der Waals surface area (Å²) in [6.45, 7) is 0.456. The molecule has 0 unspecified atom stereocenters. The minimum absolute atomic E-state index is 0.206. The zero-order valence-electron chi connectivity index (χ0n) is 14.3. The van der Waals surface area contributed by atoms with Crippen molar-refractivity contribution < 1.29 is 19.1 Å². The van der Waals surface area contributed by atoms with Crippen molar-refractivity contribution >= 4 is 74.2 Å². The summed E-state index contributed by atoms with van der Waals surface area (Å²) in [5.74, 6) is 1.09. The van der Waals surface area contributed by atoms with Crippen LogP contribution >= 0.6 is 56.9 Å². The highest BCUT2D eigenvalue weighted by molar-refractivity contribution is 14.1. The fourth-order valence-corrected chi connectivity index (χ4v) is 5.47. The van der Waals surface area contributed by atoms with Crippen molar-refractivity contribution in [3.8, 4) is 11.5 Å². The highest BCUT2D eigenvalue weighted by Gasteiger charge is 2.35. The van der Waals surface area contributed by atoms with Crippen LogP contribution in [0.3, 0.4) is 0 Å². The lowest BCUT2D eigenvalue weighted by atomic mass is 10.2. The summed E-state index contributed by atoms with van der Waals surface area (Å²) in [4.78, 5) is 26.5. The van der Waals surface area contributed by atoms with E-state index in [-0.39, 0.29) is 24.3 Å². The zero-order chi connectivity index (χ0) is 19.4. The number of carbonyl (C=O) groups excluding carboxylic acids is 2. The first-order chi connectivity index (χ1) is 13.0. The molecule has 27 heavy (non-hydrogen) atoms. The van der Waals surface area contributed by atoms with Gasteiger partial charge in [-0.2, -0.15) is 0 Å². The Morgan fingerprint density at radius 2 is 1.89 bits per heavy atom. The first-order valence-corrected chi connectivity index (χ1v) is 10.9. The number of methoxy groups -OCH3 is 1. The molecule has 0 saturated carbocycles. The average Bonchev–Trinajstić information content (AvgIpc) is 2.90. The summed E-state index contributed by atoms with van der Waals surface area (Å²) in [5, 5.41) is -0.290. The van der Waals surface area contributed by atoms with Crippen molar-refractivity contribution in [2.45, 2.75) is 0 Å². The Balaban J connectivity index is 1.73. The van der Waals surface area contributed by atoms with Gasteiger partial charge in [0.1, 0.15) is 18.1 Å². The third-order valence-electron chi connectivity index (χ3n) is 3.73. The van der Waals surface area contributed by atoms with Gasteiger partial charge in [-0.3, -0.25) is 14.5 Å². The zero-order valence-corrected chi connectivity index (χ0v) is 19.4. The van der Waals surface area contributed by atoms with Crippen LogP contribution in [0.2, 0.25) is 0 Å². The molecular formula is C19H15I2NO4S. The van der Waals surface area contributed by atoms with Crippen molar-refractivity contribution in [1.29, 1.82) is 0 Å². The molecule has 0 spiro atoms. The molecule has 0 bridgehead atoms. The van der Waals surface area contributed by atoms with Gasteiger partial charge < -0.3 is 9.47 Å². The van der Waals surface area contributed by atoms with E-state index in [4.69, 9.17) is 9.47 Å². The van der Waals surface area contributed by atoms with Crippen LogP contribution in [-0.2, 0) is 4.79 Å². The van der Waals surface area contributed by atoms with Crippen LogP contribution in [0.15, 0.2) is 47.4 Å². The molecule has 5 nitrogen and oxygen atoms in total. The maximum absolute atomic E-state index is 12.6. The van der Waals surface area contributed by atoms with Crippen molar-refractivity contribution in [3.05, 3.63) is 60.1 Å². The van der Waals surface area contributed by atoms with Crippen molar-refractivity contribution in [2.75, 3.05) is 20.3 Å². The largest absolute Gasteiger partial charge is 0.495 e. The van der Waals surface area contributed by atoms with Gasteiger partial charge in [0.15, 0.2) is 0 Å². The van der Waals surface area contributed by atoms with Gasteiger partial charge in [-0.1, -0.05) is 18.2 Å². The lowest BCUT2D eigenvalue weighted by molar-refractivity contribution is -0.123. The van der Waals surface area contributed by atoms with E-state index in [9.17, 15) is 9.59 Å².